The van der Waals surface area contributed by atoms with Gasteiger partial charge in [0.25, 0.3) is 0 Å². The van der Waals surface area contributed by atoms with E-state index in [1.807, 2.05) is 0 Å². The highest BCUT2D eigenvalue weighted by molar-refractivity contribution is 4.95. The fraction of sp³-hybridized carbons (Fsp3) is 1.00. The normalized spacial score (nSPS) is 43.7. The summed E-state index contributed by atoms with van der Waals surface area (Å²) in [6, 6.07) is 0.709. The predicted molar refractivity (Wildman–Crippen MR) is 73.6 cm³/mol. The predicted octanol–water partition coefficient (Wildman–Crippen LogP) is 1.73. The maximum atomic E-state index is 6.03. The number of hydrogen-bond acceptors (Lipinski definition) is 3. The standard InChI is InChI=1S/C15H28N2O/c1-11-7-16-8-12(2)10-17(9-11)14-5-6-18-15(14)13-3-4-13/h11-16H,3-10H2,1-2H3. The lowest BCUT2D eigenvalue weighted by Gasteiger charge is -2.37. The lowest BCUT2D eigenvalue weighted by molar-refractivity contribution is 0.0330. The highest BCUT2D eigenvalue weighted by Crippen LogP contribution is 2.40. The van der Waals surface area contributed by atoms with E-state index in [1.165, 1.54) is 45.4 Å². The molecule has 104 valence electrons. The molecule has 1 N–H and O–H groups in total. The third-order valence-corrected chi connectivity index (χ3v) is 4.74. The summed E-state index contributed by atoms with van der Waals surface area (Å²) in [5.41, 5.74) is 0. The third-order valence-electron chi connectivity index (χ3n) is 4.74. The van der Waals surface area contributed by atoms with E-state index in [9.17, 15) is 0 Å². The first-order valence-corrected chi connectivity index (χ1v) is 7.80. The fourth-order valence-corrected chi connectivity index (χ4v) is 3.72. The molecule has 2 aliphatic heterocycles. The molecule has 0 aromatic carbocycles. The first-order valence-electron chi connectivity index (χ1n) is 7.80. The number of nitrogens with zero attached hydrogens (tertiary/aromatic N) is 1. The highest BCUT2D eigenvalue weighted by atomic mass is 16.5. The van der Waals surface area contributed by atoms with Crippen LogP contribution >= 0.6 is 0 Å². The molecule has 0 aromatic heterocycles. The van der Waals surface area contributed by atoms with E-state index in [4.69, 9.17) is 4.74 Å². The Hall–Kier alpha value is -0.120. The quantitative estimate of drug-likeness (QED) is 0.810. The van der Waals surface area contributed by atoms with Crippen molar-refractivity contribution in [2.75, 3.05) is 32.8 Å². The van der Waals surface area contributed by atoms with Crippen molar-refractivity contribution < 1.29 is 4.74 Å². The Bertz CT molecular complexity index is 268. The van der Waals surface area contributed by atoms with Crippen LogP contribution in [0.1, 0.15) is 33.1 Å². The van der Waals surface area contributed by atoms with Crippen molar-refractivity contribution in [1.82, 2.24) is 10.2 Å². The number of nitrogens with one attached hydrogen (secondary N) is 1. The van der Waals surface area contributed by atoms with Crippen LogP contribution in [0, 0.1) is 17.8 Å². The molecule has 0 spiro atoms. The average Bonchev–Trinajstić information content (AvgIpc) is 3.04. The Labute approximate surface area is 111 Å². The maximum absolute atomic E-state index is 6.03. The van der Waals surface area contributed by atoms with Gasteiger partial charge in [-0.05, 0) is 50.1 Å². The van der Waals surface area contributed by atoms with Gasteiger partial charge in [-0.25, -0.2) is 0 Å². The van der Waals surface area contributed by atoms with Crippen molar-refractivity contribution in [2.45, 2.75) is 45.3 Å². The smallest absolute Gasteiger partial charge is 0.0759 e. The zero-order chi connectivity index (χ0) is 12.5. The van der Waals surface area contributed by atoms with Gasteiger partial charge in [0.15, 0.2) is 0 Å². The van der Waals surface area contributed by atoms with Gasteiger partial charge < -0.3 is 10.1 Å². The molecule has 2 saturated heterocycles. The fourth-order valence-electron chi connectivity index (χ4n) is 3.72. The Morgan fingerprint density at radius 3 is 2.28 bits per heavy atom. The van der Waals surface area contributed by atoms with Crippen molar-refractivity contribution in [3.63, 3.8) is 0 Å². The summed E-state index contributed by atoms with van der Waals surface area (Å²) >= 11 is 0. The second-order valence-electron chi connectivity index (χ2n) is 6.85. The van der Waals surface area contributed by atoms with Gasteiger partial charge in [0.1, 0.15) is 0 Å². The Morgan fingerprint density at radius 1 is 1.00 bits per heavy atom. The van der Waals surface area contributed by atoms with Gasteiger partial charge in [-0.2, -0.15) is 0 Å². The molecule has 4 unspecified atom stereocenters. The summed E-state index contributed by atoms with van der Waals surface area (Å²) in [5.74, 6) is 2.41. The summed E-state index contributed by atoms with van der Waals surface area (Å²) in [4.78, 5) is 2.76. The van der Waals surface area contributed by atoms with E-state index in [-0.39, 0.29) is 0 Å². The van der Waals surface area contributed by atoms with Gasteiger partial charge in [-0.3, -0.25) is 4.90 Å². The molecule has 18 heavy (non-hydrogen) atoms. The summed E-state index contributed by atoms with van der Waals surface area (Å²) in [6.45, 7) is 10.6. The summed E-state index contributed by atoms with van der Waals surface area (Å²) in [7, 11) is 0. The molecule has 0 amide bonds. The highest BCUT2D eigenvalue weighted by Gasteiger charge is 2.43. The summed E-state index contributed by atoms with van der Waals surface area (Å²) in [6.07, 6.45) is 4.62. The van der Waals surface area contributed by atoms with Gasteiger partial charge in [0, 0.05) is 25.7 Å². The molecule has 3 rings (SSSR count). The molecular formula is C15H28N2O. The van der Waals surface area contributed by atoms with Crippen LogP contribution in [0.3, 0.4) is 0 Å². The minimum atomic E-state index is 0.553. The first-order chi connectivity index (χ1) is 8.74. The van der Waals surface area contributed by atoms with Crippen molar-refractivity contribution >= 4 is 0 Å². The van der Waals surface area contributed by atoms with Crippen LogP contribution in [0.4, 0.5) is 0 Å². The minimum Gasteiger partial charge on any atom is -0.376 e. The molecule has 4 atom stereocenters. The average molecular weight is 252 g/mol. The van der Waals surface area contributed by atoms with E-state index < -0.39 is 0 Å². The first kappa shape index (κ1) is 12.9. The van der Waals surface area contributed by atoms with Gasteiger partial charge in [0.2, 0.25) is 0 Å². The molecule has 2 heterocycles. The molecule has 3 aliphatic rings. The van der Waals surface area contributed by atoms with Crippen LogP contribution in [-0.2, 0) is 4.74 Å². The molecule has 0 bridgehead atoms. The lowest BCUT2D eigenvalue weighted by Crippen LogP contribution is -2.50. The largest absolute Gasteiger partial charge is 0.376 e. The van der Waals surface area contributed by atoms with E-state index in [0.29, 0.717) is 12.1 Å². The Morgan fingerprint density at radius 2 is 1.67 bits per heavy atom. The molecule has 3 heteroatoms. The third kappa shape index (κ3) is 2.89. The zero-order valence-corrected chi connectivity index (χ0v) is 11.9. The summed E-state index contributed by atoms with van der Waals surface area (Å²) < 4.78 is 6.03. The van der Waals surface area contributed by atoms with E-state index in [2.05, 4.69) is 24.1 Å². The topological polar surface area (TPSA) is 24.5 Å². The van der Waals surface area contributed by atoms with Crippen LogP contribution in [0.2, 0.25) is 0 Å². The number of rotatable bonds is 2. The summed E-state index contributed by atoms with van der Waals surface area (Å²) in [5, 5.41) is 3.59. The van der Waals surface area contributed by atoms with Gasteiger partial charge >= 0.3 is 0 Å². The number of ether oxygens (including phenoxy) is 1. The SMILES string of the molecule is CC1CNCC(C)CN(C2CCOC2C2CC2)C1. The Kier molecular flexibility index (Phi) is 3.92. The van der Waals surface area contributed by atoms with E-state index in [1.54, 1.807) is 0 Å². The maximum Gasteiger partial charge on any atom is 0.0759 e. The second-order valence-corrected chi connectivity index (χ2v) is 6.85. The Balaban J connectivity index is 1.66. The molecule has 1 aliphatic carbocycles. The molecule has 0 radical (unpaired) electrons. The van der Waals surface area contributed by atoms with Crippen molar-refractivity contribution in [3.8, 4) is 0 Å². The van der Waals surface area contributed by atoms with Crippen LogP contribution in [0.15, 0.2) is 0 Å². The van der Waals surface area contributed by atoms with Gasteiger partial charge in [-0.15, -0.1) is 0 Å². The molecular weight excluding hydrogens is 224 g/mol. The molecule has 0 aromatic rings. The molecule has 1 saturated carbocycles. The molecule has 3 nitrogen and oxygen atoms in total. The molecule has 3 fully saturated rings. The minimum absolute atomic E-state index is 0.553. The van der Waals surface area contributed by atoms with Crippen molar-refractivity contribution in [2.24, 2.45) is 17.8 Å². The van der Waals surface area contributed by atoms with Crippen molar-refractivity contribution in [3.05, 3.63) is 0 Å². The monoisotopic (exact) mass is 252 g/mol. The van der Waals surface area contributed by atoms with Crippen LogP contribution in [0.5, 0.6) is 0 Å². The van der Waals surface area contributed by atoms with Gasteiger partial charge in [-0.1, -0.05) is 13.8 Å². The van der Waals surface area contributed by atoms with Crippen molar-refractivity contribution in [1.29, 1.82) is 0 Å². The number of hydrogen-bond donors (Lipinski definition) is 1. The van der Waals surface area contributed by atoms with E-state index >= 15 is 0 Å². The van der Waals surface area contributed by atoms with E-state index in [0.717, 1.165) is 24.4 Å². The van der Waals surface area contributed by atoms with Crippen LogP contribution in [0.25, 0.3) is 0 Å². The van der Waals surface area contributed by atoms with Crippen LogP contribution in [-0.4, -0.2) is 49.8 Å². The van der Waals surface area contributed by atoms with Gasteiger partial charge in [0.05, 0.1) is 6.10 Å². The lowest BCUT2D eigenvalue weighted by atomic mass is 9.98. The van der Waals surface area contributed by atoms with Crippen LogP contribution < -0.4 is 5.32 Å². The zero-order valence-electron chi connectivity index (χ0n) is 11.9. The second kappa shape index (κ2) is 5.48.